The molecule has 0 radical (unpaired) electrons. The molecule has 1 fully saturated rings. The van der Waals surface area contributed by atoms with Gasteiger partial charge in [0.2, 0.25) is 0 Å². The topological polar surface area (TPSA) is 84.3 Å². The molecule has 8 nitrogen and oxygen atoms in total. The molecule has 33 heavy (non-hydrogen) atoms. The molecule has 3 heterocycles. The van der Waals surface area contributed by atoms with E-state index in [1.165, 1.54) is 5.56 Å². The summed E-state index contributed by atoms with van der Waals surface area (Å²) in [5.74, 6) is 0. The van der Waals surface area contributed by atoms with Crippen molar-refractivity contribution in [2.24, 2.45) is 0 Å². The Bertz CT molecular complexity index is 1050. The van der Waals surface area contributed by atoms with Crippen molar-refractivity contribution < 1.29 is 9.53 Å². The molecule has 2 N–H and O–H groups in total. The van der Waals surface area contributed by atoms with E-state index < -0.39 is 0 Å². The van der Waals surface area contributed by atoms with Crippen LogP contribution in [0.15, 0.2) is 60.7 Å². The van der Waals surface area contributed by atoms with Crippen LogP contribution in [0.2, 0.25) is 0 Å². The van der Waals surface area contributed by atoms with Gasteiger partial charge in [0, 0.05) is 32.2 Å². The zero-order valence-corrected chi connectivity index (χ0v) is 18.7. The molecule has 2 aromatic carbocycles. The summed E-state index contributed by atoms with van der Waals surface area (Å²) in [7, 11) is 0. The first-order valence-electron chi connectivity index (χ1n) is 11.6. The molecule has 0 saturated carbocycles. The largest absolute Gasteiger partial charge is 0.365 e. The normalized spacial score (nSPS) is 19.1. The molecular formula is C25H30N6O2. The summed E-state index contributed by atoms with van der Waals surface area (Å²) in [6.07, 6.45) is 1.87. The molecule has 0 bridgehead atoms. The Kier molecular flexibility index (Phi) is 6.64. The third kappa shape index (κ3) is 5.40. The maximum Gasteiger partial charge on any atom is 0.315 e. The lowest BCUT2D eigenvalue weighted by Crippen LogP contribution is -2.47. The summed E-state index contributed by atoms with van der Waals surface area (Å²) in [6.45, 7) is 4.36. The van der Waals surface area contributed by atoms with Crippen molar-refractivity contribution in [3.05, 3.63) is 83.2 Å². The second-order valence-electron chi connectivity index (χ2n) is 8.74. The van der Waals surface area contributed by atoms with Gasteiger partial charge in [0.15, 0.2) is 0 Å². The molecule has 2 aliphatic heterocycles. The number of benzene rings is 2. The first kappa shape index (κ1) is 21.6. The van der Waals surface area contributed by atoms with Crippen molar-refractivity contribution in [1.29, 1.82) is 0 Å². The highest BCUT2D eigenvalue weighted by Gasteiger charge is 2.27. The van der Waals surface area contributed by atoms with Gasteiger partial charge in [0.05, 0.1) is 18.8 Å². The minimum atomic E-state index is -0.102. The average Bonchev–Trinajstić information content (AvgIpc) is 3.27. The second kappa shape index (κ2) is 10.1. The molecule has 3 aromatic rings. The van der Waals surface area contributed by atoms with Crippen molar-refractivity contribution in [3.8, 4) is 0 Å². The lowest BCUT2D eigenvalue weighted by Gasteiger charge is -2.32. The molecule has 1 saturated heterocycles. The number of urea groups is 1. The van der Waals surface area contributed by atoms with Gasteiger partial charge in [0.25, 0.3) is 0 Å². The van der Waals surface area contributed by atoms with Gasteiger partial charge in [-0.05, 0) is 24.0 Å². The van der Waals surface area contributed by atoms with E-state index in [9.17, 15) is 4.79 Å². The molecule has 0 spiro atoms. The number of piperidine rings is 1. The number of carbonyl (C=O) groups is 1. The van der Waals surface area contributed by atoms with E-state index >= 15 is 0 Å². The third-order valence-electron chi connectivity index (χ3n) is 6.44. The summed E-state index contributed by atoms with van der Waals surface area (Å²) >= 11 is 0. The molecule has 8 heteroatoms. The average molecular weight is 447 g/mol. The monoisotopic (exact) mass is 446 g/mol. The molecule has 0 aliphatic carbocycles. The Morgan fingerprint density at radius 3 is 2.52 bits per heavy atom. The van der Waals surface area contributed by atoms with Crippen LogP contribution in [0.4, 0.5) is 4.79 Å². The quantitative estimate of drug-likeness (QED) is 0.608. The van der Waals surface area contributed by atoms with Crippen LogP contribution >= 0.6 is 0 Å². The number of nitrogens with zero attached hydrogens (tertiary/aromatic N) is 4. The van der Waals surface area contributed by atoms with Crippen LogP contribution in [0, 0.1) is 0 Å². The molecule has 5 rings (SSSR count). The molecule has 172 valence electrons. The maximum absolute atomic E-state index is 12.2. The number of hydrogen-bond donors (Lipinski definition) is 2. The van der Waals surface area contributed by atoms with Gasteiger partial charge in [-0.15, -0.1) is 5.10 Å². The fourth-order valence-corrected chi connectivity index (χ4v) is 4.52. The number of rotatable bonds is 6. The number of ether oxygens (including phenoxy) is 1. The maximum atomic E-state index is 12.2. The lowest BCUT2D eigenvalue weighted by molar-refractivity contribution is -0.00216. The molecular weight excluding hydrogens is 416 g/mol. The van der Waals surface area contributed by atoms with Gasteiger partial charge in [-0.1, -0.05) is 65.9 Å². The Morgan fingerprint density at radius 2 is 1.76 bits per heavy atom. The summed E-state index contributed by atoms with van der Waals surface area (Å²) < 4.78 is 8.11. The summed E-state index contributed by atoms with van der Waals surface area (Å²) in [5, 5.41) is 14.9. The van der Waals surface area contributed by atoms with E-state index in [0.29, 0.717) is 19.7 Å². The highest BCUT2D eigenvalue weighted by molar-refractivity contribution is 5.74. The van der Waals surface area contributed by atoms with Crippen LogP contribution in [0.25, 0.3) is 0 Å². The van der Waals surface area contributed by atoms with Gasteiger partial charge in [-0.25, -0.2) is 9.48 Å². The van der Waals surface area contributed by atoms with E-state index in [0.717, 1.165) is 49.4 Å². The first-order chi connectivity index (χ1) is 16.2. The highest BCUT2D eigenvalue weighted by Crippen LogP contribution is 2.27. The van der Waals surface area contributed by atoms with E-state index in [1.54, 1.807) is 0 Å². The van der Waals surface area contributed by atoms with Crippen LogP contribution in [0.3, 0.4) is 0 Å². The van der Waals surface area contributed by atoms with E-state index in [1.807, 2.05) is 53.2 Å². The van der Waals surface area contributed by atoms with E-state index in [2.05, 4.69) is 38.0 Å². The number of aromatic nitrogens is 3. The summed E-state index contributed by atoms with van der Waals surface area (Å²) in [4.78, 5) is 14.6. The third-order valence-corrected chi connectivity index (χ3v) is 6.44. The van der Waals surface area contributed by atoms with Gasteiger partial charge >= 0.3 is 6.03 Å². The van der Waals surface area contributed by atoms with Gasteiger partial charge in [-0.2, -0.15) is 0 Å². The number of likely N-dealkylation sites (tertiary alicyclic amines) is 1. The SMILES string of the molecule is O=C(NCc1ccccc1)NC1CCN(Cc2nnn3c2CO[C@@H](c2ccccc2)C3)CC1. The number of fused-ring (bicyclic) bond motifs is 1. The molecule has 2 aliphatic rings. The molecule has 1 atom stereocenters. The van der Waals surface area contributed by atoms with Crippen LogP contribution in [0.5, 0.6) is 0 Å². The molecule has 2 amide bonds. The van der Waals surface area contributed by atoms with Crippen LogP contribution in [-0.2, 0) is 31.0 Å². The Labute approximate surface area is 193 Å². The zero-order chi connectivity index (χ0) is 22.5. The van der Waals surface area contributed by atoms with Crippen molar-refractivity contribution in [3.63, 3.8) is 0 Å². The standard InChI is InChI=1S/C25H30N6O2/c32-25(26-15-19-7-3-1-4-8-19)27-21-11-13-30(14-12-21)16-22-23-18-33-24(17-31(23)29-28-22)20-9-5-2-6-10-20/h1-10,21,24H,11-18H2,(H2,26,27,32)/t24-/m1/s1. The Hall–Kier alpha value is -3.23. The fraction of sp³-hybridized carbons (Fsp3) is 0.400. The Balaban J connectivity index is 1.08. The predicted octanol–water partition coefficient (Wildman–Crippen LogP) is 3.01. The van der Waals surface area contributed by atoms with Crippen molar-refractivity contribution in [1.82, 2.24) is 30.5 Å². The smallest absolute Gasteiger partial charge is 0.315 e. The number of carbonyl (C=O) groups excluding carboxylic acids is 1. The number of hydrogen-bond acceptors (Lipinski definition) is 5. The molecule has 0 unspecified atom stereocenters. The van der Waals surface area contributed by atoms with Crippen LogP contribution in [-0.4, -0.2) is 45.1 Å². The Morgan fingerprint density at radius 1 is 1.03 bits per heavy atom. The van der Waals surface area contributed by atoms with Gasteiger partial charge < -0.3 is 15.4 Å². The van der Waals surface area contributed by atoms with Crippen LogP contribution in [0.1, 0.15) is 41.5 Å². The number of amides is 2. The zero-order valence-electron chi connectivity index (χ0n) is 18.7. The predicted molar refractivity (Wildman–Crippen MR) is 124 cm³/mol. The van der Waals surface area contributed by atoms with E-state index in [4.69, 9.17) is 4.74 Å². The number of nitrogens with one attached hydrogen (secondary N) is 2. The van der Waals surface area contributed by atoms with Gasteiger partial charge in [-0.3, -0.25) is 4.90 Å². The second-order valence-corrected chi connectivity index (χ2v) is 8.74. The van der Waals surface area contributed by atoms with Crippen molar-refractivity contribution in [2.45, 2.75) is 51.2 Å². The highest BCUT2D eigenvalue weighted by atomic mass is 16.5. The van der Waals surface area contributed by atoms with E-state index in [-0.39, 0.29) is 18.2 Å². The minimum absolute atomic E-state index is 0.0168. The van der Waals surface area contributed by atoms with Crippen LogP contribution < -0.4 is 10.6 Å². The lowest BCUT2D eigenvalue weighted by atomic mass is 10.0. The summed E-state index contributed by atoms with van der Waals surface area (Å²) in [6, 6.07) is 20.3. The minimum Gasteiger partial charge on any atom is -0.365 e. The molecule has 1 aromatic heterocycles. The summed E-state index contributed by atoms with van der Waals surface area (Å²) in [5.41, 5.74) is 4.33. The first-order valence-corrected chi connectivity index (χ1v) is 11.6. The van der Waals surface area contributed by atoms with Crippen molar-refractivity contribution in [2.75, 3.05) is 13.1 Å². The fourth-order valence-electron chi connectivity index (χ4n) is 4.52. The van der Waals surface area contributed by atoms with Crippen molar-refractivity contribution >= 4 is 6.03 Å². The van der Waals surface area contributed by atoms with Gasteiger partial charge in [0.1, 0.15) is 11.8 Å².